The summed E-state index contributed by atoms with van der Waals surface area (Å²) in [5, 5.41) is 9.28. The molecule has 0 aromatic heterocycles. The van der Waals surface area contributed by atoms with Crippen molar-refractivity contribution in [3.63, 3.8) is 0 Å². The first kappa shape index (κ1) is 13.5. The van der Waals surface area contributed by atoms with Crippen LogP contribution in [0.25, 0.3) is 0 Å². The van der Waals surface area contributed by atoms with Gasteiger partial charge >= 0.3 is 6.09 Å². The zero-order valence-electron chi connectivity index (χ0n) is 10.8. The van der Waals surface area contributed by atoms with Crippen LogP contribution in [0.3, 0.4) is 0 Å². The van der Waals surface area contributed by atoms with E-state index >= 15 is 0 Å². The van der Waals surface area contributed by atoms with E-state index < -0.39 is 11.6 Å². The minimum atomic E-state index is -1.08. The number of benzene rings is 1. The summed E-state index contributed by atoms with van der Waals surface area (Å²) in [5.41, 5.74) is -0.0778. The van der Waals surface area contributed by atoms with Gasteiger partial charge in [0.25, 0.3) is 0 Å². The highest BCUT2D eigenvalue weighted by Crippen LogP contribution is 2.32. The summed E-state index contributed by atoms with van der Waals surface area (Å²) in [6, 6.07) is 9.43. The van der Waals surface area contributed by atoms with Crippen molar-refractivity contribution in [2.75, 3.05) is 13.7 Å². The summed E-state index contributed by atoms with van der Waals surface area (Å²) in [5.74, 6) is 0. The Balaban J connectivity index is 2.29. The number of carbonyl (C=O) groups is 2. The van der Waals surface area contributed by atoms with Gasteiger partial charge in [-0.15, -0.1) is 0 Å². The number of ether oxygens (including phenoxy) is 1. The van der Waals surface area contributed by atoms with Crippen LogP contribution in [0.1, 0.15) is 12.0 Å². The first-order valence-electron chi connectivity index (χ1n) is 6.15. The van der Waals surface area contributed by atoms with E-state index in [4.69, 9.17) is 4.74 Å². The van der Waals surface area contributed by atoms with Crippen LogP contribution in [-0.2, 0) is 16.0 Å². The van der Waals surface area contributed by atoms with Crippen LogP contribution in [-0.4, -0.2) is 47.7 Å². The zero-order chi connectivity index (χ0) is 13.9. The number of aldehydes is 1. The maximum Gasteiger partial charge on any atom is 0.408 e. The van der Waals surface area contributed by atoms with E-state index in [1.807, 2.05) is 30.3 Å². The first-order chi connectivity index (χ1) is 9.11. The van der Waals surface area contributed by atoms with Gasteiger partial charge in [0.05, 0.1) is 12.6 Å². The summed E-state index contributed by atoms with van der Waals surface area (Å²) in [6.45, 7) is 0.234. The van der Waals surface area contributed by atoms with Crippen molar-refractivity contribution in [3.8, 4) is 0 Å². The molecule has 1 fully saturated rings. The molecule has 1 aromatic carbocycles. The fraction of sp³-hybridized carbons (Fsp3) is 0.429. The van der Waals surface area contributed by atoms with Crippen molar-refractivity contribution >= 4 is 12.4 Å². The molecule has 2 rings (SSSR count). The molecule has 1 aliphatic rings. The molecule has 0 aliphatic carbocycles. The fourth-order valence-corrected chi connectivity index (χ4v) is 2.65. The lowest BCUT2D eigenvalue weighted by atomic mass is 9.89. The van der Waals surface area contributed by atoms with E-state index in [9.17, 15) is 14.7 Å². The minimum Gasteiger partial charge on any atom is -0.465 e. The second kappa shape index (κ2) is 5.40. The van der Waals surface area contributed by atoms with Gasteiger partial charge in [-0.25, -0.2) is 4.79 Å². The van der Waals surface area contributed by atoms with Gasteiger partial charge in [-0.1, -0.05) is 30.3 Å². The normalized spacial score (nSPS) is 26.4. The standard InChI is InChI=1S/C14H17NO4/c1-19-12-8-14(10-16,15(9-12)13(17)18)7-11-5-3-2-4-6-11/h2-6,10,12H,7-9H2,1H3,(H,17,18)/t12-,14-/m0/s1. The fourth-order valence-electron chi connectivity index (χ4n) is 2.65. The first-order valence-corrected chi connectivity index (χ1v) is 6.15. The topological polar surface area (TPSA) is 66.8 Å². The van der Waals surface area contributed by atoms with Gasteiger partial charge < -0.3 is 14.6 Å². The van der Waals surface area contributed by atoms with Crippen LogP contribution >= 0.6 is 0 Å². The number of likely N-dealkylation sites (tertiary alicyclic amines) is 1. The summed E-state index contributed by atoms with van der Waals surface area (Å²) >= 11 is 0. The SMILES string of the molecule is CO[C@@H]1CN(C(=O)O)[C@@](C=O)(Cc2ccccc2)C1. The molecular formula is C14H17NO4. The minimum absolute atomic E-state index is 0.231. The van der Waals surface area contributed by atoms with E-state index in [0.717, 1.165) is 11.8 Å². The molecule has 1 aromatic rings. The molecule has 0 unspecified atom stereocenters. The van der Waals surface area contributed by atoms with Crippen molar-refractivity contribution in [1.29, 1.82) is 0 Å². The molecule has 1 N–H and O–H groups in total. The van der Waals surface area contributed by atoms with Gasteiger partial charge in [0.1, 0.15) is 11.8 Å². The third-order valence-electron chi connectivity index (χ3n) is 3.64. The molecule has 1 amide bonds. The molecule has 0 radical (unpaired) electrons. The van der Waals surface area contributed by atoms with Gasteiger partial charge in [0.15, 0.2) is 0 Å². The van der Waals surface area contributed by atoms with Crippen LogP contribution < -0.4 is 0 Å². The zero-order valence-corrected chi connectivity index (χ0v) is 10.8. The summed E-state index contributed by atoms with van der Waals surface area (Å²) < 4.78 is 5.22. The molecule has 5 heteroatoms. The largest absolute Gasteiger partial charge is 0.465 e. The van der Waals surface area contributed by atoms with Crippen LogP contribution in [0.2, 0.25) is 0 Å². The van der Waals surface area contributed by atoms with Crippen LogP contribution in [0, 0.1) is 0 Å². The van der Waals surface area contributed by atoms with Gasteiger partial charge in [0.2, 0.25) is 0 Å². The predicted octanol–water partition coefficient (Wildman–Crippen LogP) is 1.57. The number of methoxy groups -OCH3 is 1. The number of hydrogen-bond acceptors (Lipinski definition) is 3. The van der Waals surface area contributed by atoms with Crippen molar-refractivity contribution in [3.05, 3.63) is 35.9 Å². The van der Waals surface area contributed by atoms with E-state index in [1.54, 1.807) is 0 Å². The van der Waals surface area contributed by atoms with Crippen molar-refractivity contribution in [2.24, 2.45) is 0 Å². The summed E-state index contributed by atoms with van der Waals surface area (Å²) in [4.78, 5) is 24.1. The quantitative estimate of drug-likeness (QED) is 0.837. The Kier molecular flexibility index (Phi) is 3.85. The van der Waals surface area contributed by atoms with E-state index in [2.05, 4.69) is 0 Å². The van der Waals surface area contributed by atoms with E-state index in [1.165, 1.54) is 12.0 Å². The number of amides is 1. The molecule has 1 aliphatic heterocycles. The third-order valence-corrected chi connectivity index (χ3v) is 3.64. The summed E-state index contributed by atoms with van der Waals surface area (Å²) in [6.07, 6.45) is 0.206. The monoisotopic (exact) mass is 263 g/mol. The van der Waals surface area contributed by atoms with Crippen LogP contribution in [0.5, 0.6) is 0 Å². The number of carbonyl (C=O) groups excluding carboxylic acids is 1. The molecular weight excluding hydrogens is 246 g/mol. The summed E-state index contributed by atoms with van der Waals surface area (Å²) in [7, 11) is 1.54. The second-order valence-corrected chi connectivity index (χ2v) is 4.84. The molecule has 1 heterocycles. The molecule has 19 heavy (non-hydrogen) atoms. The Morgan fingerprint density at radius 3 is 2.74 bits per heavy atom. The van der Waals surface area contributed by atoms with Crippen molar-refractivity contribution in [2.45, 2.75) is 24.5 Å². The lowest BCUT2D eigenvalue weighted by molar-refractivity contribution is -0.116. The number of nitrogens with zero attached hydrogens (tertiary/aromatic N) is 1. The Bertz CT molecular complexity index is 462. The Morgan fingerprint density at radius 2 is 2.21 bits per heavy atom. The van der Waals surface area contributed by atoms with E-state index in [0.29, 0.717) is 12.8 Å². The highest BCUT2D eigenvalue weighted by Gasteiger charge is 2.48. The molecule has 0 saturated carbocycles. The van der Waals surface area contributed by atoms with E-state index in [-0.39, 0.29) is 12.6 Å². The molecule has 2 atom stereocenters. The molecule has 0 bridgehead atoms. The Labute approximate surface area is 111 Å². The van der Waals surface area contributed by atoms with Gasteiger partial charge in [-0.3, -0.25) is 4.90 Å². The van der Waals surface area contributed by atoms with Crippen molar-refractivity contribution in [1.82, 2.24) is 4.90 Å². The lowest BCUT2D eigenvalue weighted by Crippen LogP contribution is -2.49. The average molecular weight is 263 g/mol. The second-order valence-electron chi connectivity index (χ2n) is 4.84. The number of carboxylic acid groups (broad SMARTS) is 1. The van der Waals surface area contributed by atoms with Crippen LogP contribution in [0.15, 0.2) is 30.3 Å². The highest BCUT2D eigenvalue weighted by atomic mass is 16.5. The maximum absolute atomic E-state index is 11.5. The molecule has 102 valence electrons. The van der Waals surface area contributed by atoms with Gasteiger partial charge in [0, 0.05) is 20.0 Å². The highest BCUT2D eigenvalue weighted by molar-refractivity contribution is 5.77. The molecule has 5 nitrogen and oxygen atoms in total. The maximum atomic E-state index is 11.5. The van der Waals surface area contributed by atoms with Gasteiger partial charge in [-0.05, 0) is 5.56 Å². The third kappa shape index (κ3) is 2.61. The average Bonchev–Trinajstić information content (AvgIpc) is 2.79. The molecule has 1 saturated heterocycles. The van der Waals surface area contributed by atoms with Crippen molar-refractivity contribution < 1.29 is 19.4 Å². The van der Waals surface area contributed by atoms with Crippen LogP contribution in [0.4, 0.5) is 4.79 Å². The molecule has 0 spiro atoms. The Hall–Kier alpha value is -1.88. The predicted molar refractivity (Wildman–Crippen MR) is 69.1 cm³/mol. The Morgan fingerprint density at radius 1 is 1.53 bits per heavy atom. The number of hydrogen-bond donors (Lipinski definition) is 1. The lowest BCUT2D eigenvalue weighted by Gasteiger charge is -2.31. The smallest absolute Gasteiger partial charge is 0.408 e. The number of rotatable bonds is 4. The van der Waals surface area contributed by atoms with Gasteiger partial charge in [-0.2, -0.15) is 0 Å².